The third-order valence-electron chi connectivity index (χ3n) is 4.13. The summed E-state index contributed by atoms with van der Waals surface area (Å²) in [7, 11) is 0. The van der Waals surface area contributed by atoms with Gasteiger partial charge in [-0.25, -0.2) is 15.0 Å². The molecule has 6 heteroatoms. The maximum Gasteiger partial charge on any atom is 0.314 e. The van der Waals surface area contributed by atoms with E-state index in [0.717, 1.165) is 24.1 Å². The SMILES string of the molecule is CCCCOC(=O)C(C)c1ncnc2c1ncn2Cc1ccccc1. The van der Waals surface area contributed by atoms with E-state index >= 15 is 0 Å². The van der Waals surface area contributed by atoms with E-state index in [1.807, 2.05) is 22.8 Å². The van der Waals surface area contributed by atoms with Crippen molar-refractivity contribution in [1.82, 2.24) is 19.5 Å². The highest BCUT2D eigenvalue weighted by Gasteiger charge is 2.23. The van der Waals surface area contributed by atoms with Crippen LogP contribution in [-0.4, -0.2) is 32.1 Å². The van der Waals surface area contributed by atoms with Gasteiger partial charge in [0.2, 0.25) is 0 Å². The number of unbranched alkanes of at least 4 members (excludes halogenated alkanes) is 1. The van der Waals surface area contributed by atoms with Crippen molar-refractivity contribution in [3.8, 4) is 0 Å². The van der Waals surface area contributed by atoms with Gasteiger partial charge in [-0.05, 0) is 18.9 Å². The number of benzene rings is 1. The molecule has 1 aromatic carbocycles. The standard InChI is InChI=1S/C19H22N4O2/c1-3-4-10-25-19(24)14(2)16-17-18(21-12-20-16)23(13-22-17)11-15-8-6-5-7-9-15/h5-9,12-14H,3-4,10-11H2,1-2H3. The lowest BCUT2D eigenvalue weighted by atomic mass is 10.1. The highest BCUT2D eigenvalue weighted by atomic mass is 16.5. The summed E-state index contributed by atoms with van der Waals surface area (Å²) >= 11 is 0. The molecule has 0 aliphatic rings. The van der Waals surface area contributed by atoms with E-state index in [1.165, 1.54) is 6.33 Å². The molecule has 2 heterocycles. The van der Waals surface area contributed by atoms with Crippen molar-refractivity contribution in [2.75, 3.05) is 6.61 Å². The van der Waals surface area contributed by atoms with Crippen LogP contribution in [0.3, 0.4) is 0 Å². The smallest absolute Gasteiger partial charge is 0.314 e. The van der Waals surface area contributed by atoms with Gasteiger partial charge in [-0.1, -0.05) is 43.7 Å². The molecule has 3 rings (SSSR count). The van der Waals surface area contributed by atoms with E-state index in [4.69, 9.17) is 4.74 Å². The lowest BCUT2D eigenvalue weighted by molar-refractivity contribution is -0.145. The number of fused-ring (bicyclic) bond motifs is 1. The summed E-state index contributed by atoms with van der Waals surface area (Å²) in [4.78, 5) is 25.3. The molecule has 0 aliphatic carbocycles. The first-order valence-electron chi connectivity index (χ1n) is 8.57. The minimum absolute atomic E-state index is 0.272. The first-order valence-corrected chi connectivity index (χ1v) is 8.57. The van der Waals surface area contributed by atoms with Gasteiger partial charge in [0.1, 0.15) is 11.8 Å². The fraction of sp³-hybridized carbons (Fsp3) is 0.368. The third-order valence-corrected chi connectivity index (χ3v) is 4.13. The molecule has 0 N–H and O–H groups in total. The van der Waals surface area contributed by atoms with E-state index < -0.39 is 5.92 Å². The quantitative estimate of drug-likeness (QED) is 0.488. The van der Waals surface area contributed by atoms with Gasteiger partial charge in [0.15, 0.2) is 5.65 Å². The van der Waals surface area contributed by atoms with Gasteiger partial charge in [-0.3, -0.25) is 4.79 Å². The first-order chi connectivity index (χ1) is 12.2. The topological polar surface area (TPSA) is 69.9 Å². The molecule has 130 valence electrons. The summed E-state index contributed by atoms with van der Waals surface area (Å²) in [5.74, 6) is -0.742. The van der Waals surface area contributed by atoms with Crippen LogP contribution in [0.5, 0.6) is 0 Å². The Hall–Kier alpha value is -2.76. The Bertz CT molecular complexity index is 845. The predicted molar refractivity (Wildman–Crippen MR) is 95.1 cm³/mol. The van der Waals surface area contributed by atoms with Gasteiger partial charge in [0.05, 0.1) is 31.1 Å². The Balaban J connectivity index is 1.84. The van der Waals surface area contributed by atoms with E-state index in [2.05, 4.69) is 34.0 Å². The molecule has 0 saturated heterocycles. The van der Waals surface area contributed by atoms with Crippen LogP contribution in [0.1, 0.15) is 43.9 Å². The minimum Gasteiger partial charge on any atom is -0.465 e. The van der Waals surface area contributed by atoms with E-state index in [9.17, 15) is 4.79 Å². The number of rotatable bonds is 7. The Labute approximate surface area is 146 Å². The van der Waals surface area contributed by atoms with Crippen molar-refractivity contribution in [3.63, 3.8) is 0 Å². The second-order valence-corrected chi connectivity index (χ2v) is 6.03. The molecular weight excluding hydrogens is 316 g/mol. The molecule has 0 spiro atoms. The molecule has 0 amide bonds. The number of ether oxygens (including phenoxy) is 1. The molecule has 0 aliphatic heterocycles. The number of hydrogen-bond donors (Lipinski definition) is 0. The molecule has 1 unspecified atom stereocenters. The maximum absolute atomic E-state index is 12.2. The molecule has 0 bridgehead atoms. The monoisotopic (exact) mass is 338 g/mol. The lowest BCUT2D eigenvalue weighted by Crippen LogP contribution is -2.15. The lowest BCUT2D eigenvalue weighted by Gasteiger charge is -2.11. The highest BCUT2D eigenvalue weighted by Crippen LogP contribution is 2.22. The molecule has 0 radical (unpaired) electrons. The number of esters is 1. The maximum atomic E-state index is 12.2. The van der Waals surface area contributed by atoms with Crippen molar-refractivity contribution in [2.24, 2.45) is 0 Å². The zero-order chi connectivity index (χ0) is 17.6. The summed E-state index contributed by atoms with van der Waals surface area (Å²) in [5.41, 5.74) is 3.15. The first kappa shape index (κ1) is 17.1. The van der Waals surface area contributed by atoms with Crippen LogP contribution in [0.15, 0.2) is 43.0 Å². The van der Waals surface area contributed by atoms with E-state index in [0.29, 0.717) is 24.4 Å². The number of hydrogen-bond acceptors (Lipinski definition) is 5. The minimum atomic E-state index is -0.470. The summed E-state index contributed by atoms with van der Waals surface area (Å²) in [6.07, 6.45) is 5.08. The average molecular weight is 338 g/mol. The van der Waals surface area contributed by atoms with E-state index in [1.54, 1.807) is 13.3 Å². The van der Waals surface area contributed by atoms with Crippen LogP contribution < -0.4 is 0 Å². The zero-order valence-corrected chi connectivity index (χ0v) is 14.6. The summed E-state index contributed by atoms with van der Waals surface area (Å²) in [6, 6.07) is 10.1. The molecule has 3 aromatic rings. The summed E-state index contributed by atoms with van der Waals surface area (Å²) in [6.45, 7) is 4.97. The third kappa shape index (κ3) is 3.84. The normalized spacial score (nSPS) is 12.2. The van der Waals surface area contributed by atoms with Crippen LogP contribution in [0.4, 0.5) is 0 Å². The zero-order valence-electron chi connectivity index (χ0n) is 14.6. The van der Waals surface area contributed by atoms with Gasteiger partial charge in [-0.2, -0.15) is 0 Å². The van der Waals surface area contributed by atoms with Gasteiger partial charge in [0, 0.05) is 0 Å². The predicted octanol–water partition coefficient (Wildman–Crippen LogP) is 3.32. The molecule has 25 heavy (non-hydrogen) atoms. The van der Waals surface area contributed by atoms with Crippen molar-refractivity contribution < 1.29 is 9.53 Å². The summed E-state index contributed by atoms with van der Waals surface area (Å²) in [5, 5.41) is 0. The van der Waals surface area contributed by atoms with Crippen LogP contribution in [0.2, 0.25) is 0 Å². The number of imidazole rings is 1. The largest absolute Gasteiger partial charge is 0.465 e. The fourth-order valence-corrected chi connectivity index (χ4v) is 2.67. The number of aromatic nitrogens is 4. The van der Waals surface area contributed by atoms with Crippen molar-refractivity contribution in [2.45, 2.75) is 39.2 Å². The number of carbonyl (C=O) groups is 1. The Morgan fingerprint density at radius 2 is 2.00 bits per heavy atom. The van der Waals surface area contributed by atoms with Crippen LogP contribution in [-0.2, 0) is 16.1 Å². The van der Waals surface area contributed by atoms with Crippen molar-refractivity contribution in [1.29, 1.82) is 0 Å². The Morgan fingerprint density at radius 1 is 1.20 bits per heavy atom. The number of carbonyl (C=O) groups excluding carboxylic acids is 1. The molecule has 2 aromatic heterocycles. The second kappa shape index (κ2) is 7.88. The van der Waals surface area contributed by atoms with Crippen LogP contribution in [0, 0.1) is 0 Å². The Morgan fingerprint density at radius 3 is 2.76 bits per heavy atom. The Kier molecular flexibility index (Phi) is 5.38. The van der Waals surface area contributed by atoms with E-state index in [-0.39, 0.29) is 5.97 Å². The van der Waals surface area contributed by atoms with Crippen molar-refractivity contribution >= 4 is 17.1 Å². The number of nitrogens with zero attached hydrogens (tertiary/aromatic N) is 4. The molecule has 1 atom stereocenters. The van der Waals surface area contributed by atoms with Crippen LogP contribution in [0.25, 0.3) is 11.2 Å². The molecule has 0 fully saturated rings. The van der Waals surface area contributed by atoms with Gasteiger partial charge >= 0.3 is 5.97 Å². The van der Waals surface area contributed by atoms with Gasteiger partial charge in [0.25, 0.3) is 0 Å². The van der Waals surface area contributed by atoms with Crippen molar-refractivity contribution in [3.05, 3.63) is 54.2 Å². The second-order valence-electron chi connectivity index (χ2n) is 6.03. The fourth-order valence-electron chi connectivity index (χ4n) is 2.67. The average Bonchev–Trinajstić information content (AvgIpc) is 3.05. The highest BCUT2D eigenvalue weighted by molar-refractivity contribution is 5.84. The molecular formula is C19H22N4O2. The van der Waals surface area contributed by atoms with Gasteiger partial charge in [-0.15, -0.1) is 0 Å². The van der Waals surface area contributed by atoms with Gasteiger partial charge < -0.3 is 9.30 Å². The molecule has 6 nitrogen and oxygen atoms in total. The summed E-state index contributed by atoms with van der Waals surface area (Å²) < 4.78 is 7.28. The van der Waals surface area contributed by atoms with Crippen LogP contribution >= 0.6 is 0 Å². The molecule has 0 saturated carbocycles.